The molecule has 0 spiro atoms. The molecule has 0 aliphatic heterocycles. The first-order valence-electron chi connectivity index (χ1n) is 6.37. The average Bonchev–Trinajstić information content (AvgIpc) is 2.39. The van der Waals surface area contributed by atoms with E-state index < -0.39 is 11.8 Å². The minimum Gasteiger partial charge on any atom is -0.466 e. The molecular formula is C15H17FO4. The van der Waals surface area contributed by atoms with Crippen molar-refractivity contribution >= 4 is 18.0 Å². The Hall–Kier alpha value is -2.17. The normalized spacial score (nSPS) is 10.6. The van der Waals surface area contributed by atoms with Gasteiger partial charge in [-0.2, -0.15) is 0 Å². The summed E-state index contributed by atoms with van der Waals surface area (Å²) < 4.78 is 22.9. The predicted molar refractivity (Wildman–Crippen MR) is 72.6 cm³/mol. The Morgan fingerprint density at radius 1 is 1.20 bits per heavy atom. The van der Waals surface area contributed by atoms with E-state index in [0.29, 0.717) is 12.2 Å². The number of carbonyl (C=O) groups excluding carboxylic acids is 2. The predicted octanol–water partition coefficient (Wildman–Crippen LogP) is 2.97. The van der Waals surface area contributed by atoms with Crippen LogP contribution in [0.4, 0.5) is 4.39 Å². The highest BCUT2D eigenvalue weighted by atomic mass is 19.1. The second kappa shape index (κ2) is 8.09. The maximum absolute atomic E-state index is 13.2. The first kappa shape index (κ1) is 15.9. The van der Waals surface area contributed by atoms with Gasteiger partial charge in [-0.05, 0) is 37.6 Å². The summed E-state index contributed by atoms with van der Waals surface area (Å²) in [6.45, 7) is 3.95. The van der Waals surface area contributed by atoms with Gasteiger partial charge >= 0.3 is 11.9 Å². The van der Waals surface area contributed by atoms with Crippen molar-refractivity contribution in [2.75, 3.05) is 13.2 Å². The molecule has 0 amide bonds. The van der Waals surface area contributed by atoms with Crippen molar-refractivity contribution in [1.29, 1.82) is 0 Å². The van der Waals surface area contributed by atoms with Gasteiger partial charge in [-0.3, -0.25) is 4.79 Å². The molecule has 0 atom stereocenters. The zero-order valence-electron chi connectivity index (χ0n) is 11.5. The van der Waals surface area contributed by atoms with Crippen LogP contribution in [0.5, 0.6) is 0 Å². The Kier molecular flexibility index (Phi) is 6.43. The first-order valence-corrected chi connectivity index (χ1v) is 6.37. The van der Waals surface area contributed by atoms with Crippen LogP contribution < -0.4 is 0 Å². The van der Waals surface area contributed by atoms with Crippen LogP contribution in [0.25, 0.3) is 6.08 Å². The Morgan fingerprint density at radius 2 is 1.90 bits per heavy atom. The van der Waals surface area contributed by atoms with Gasteiger partial charge in [0, 0.05) is 0 Å². The van der Waals surface area contributed by atoms with Gasteiger partial charge in [-0.25, -0.2) is 9.18 Å². The lowest BCUT2D eigenvalue weighted by Crippen LogP contribution is -2.07. The highest BCUT2D eigenvalue weighted by Gasteiger charge is 2.11. The fourth-order valence-electron chi connectivity index (χ4n) is 1.57. The Bertz CT molecular complexity index is 509. The first-order chi connectivity index (χ1) is 9.58. The quantitative estimate of drug-likeness (QED) is 0.752. The van der Waals surface area contributed by atoms with Crippen molar-refractivity contribution in [3.8, 4) is 0 Å². The molecule has 1 rings (SSSR count). The third-order valence-corrected chi connectivity index (χ3v) is 2.40. The van der Waals surface area contributed by atoms with Gasteiger partial charge in [0.15, 0.2) is 0 Å². The van der Waals surface area contributed by atoms with Crippen LogP contribution in [0.1, 0.15) is 36.2 Å². The molecule has 4 nitrogen and oxygen atoms in total. The van der Waals surface area contributed by atoms with E-state index in [1.807, 2.05) is 0 Å². The van der Waals surface area contributed by atoms with Gasteiger partial charge in [-0.15, -0.1) is 0 Å². The van der Waals surface area contributed by atoms with Crippen LogP contribution in [0, 0.1) is 5.82 Å². The maximum Gasteiger partial charge on any atom is 0.338 e. The molecule has 5 heteroatoms. The molecule has 0 aliphatic rings. The third-order valence-electron chi connectivity index (χ3n) is 2.40. The second-order valence-electron chi connectivity index (χ2n) is 3.86. The molecule has 0 heterocycles. The fourth-order valence-corrected chi connectivity index (χ4v) is 1.57. The molecule has 0 unspecified atom stereocenters. The van der Waals surface area contributed by atoms with E-state index in [9.17, 15) is 14.0 Å². The monoisotopic (exact) mass is 280 g/mol. The summed E-state index contributed by atoms with van der Waals surface area (Å²) in [5.41, 5.74) is 0.626. The van der Waals surface area contributed by atoms with Crippen molar-refractivity contribution in [3.63, 3.8) is 0 Å². The van der Waals surface area contributed by atoms with E-state index in [2.05, 4.69) is 0 Å². The Morgan fingerprint density at radius 3 is 2.55 bits per heavy atom. The molecular weight excluding hydrogens is 263 g/mol. The molecule has 1 aromatic rings. The van der Waals surface area contributed by atoms with E-state index >= 15 is 0 Å². The molecule has 108 valence electrons. The fraction of sp³-hybridized carbons (Fsp3) is 0.333. The molecule has 0 aliphatic carbocycles. The van der Waals surface area contributed by atoms with E-state index in [4.69, 9.17) is 9.47 Å². The van der Waals surface area contributed by atoms with Crippen LogP contribution in [-0.4, -0.2) is 25.2 Å². The highest BCUT2D eigenvalue weighted by molar-refractivity contribution is 5.93. The summed E-state index contributed by atoms with van der Waals surface area (Å²) in [7, 11) is 0. The van der Waals surface area contributed by atoms with Crippen molar-refractivity contribution in [2.45, 2.75) is 20.3 Å². The van der Waals surface area contributed by atoms with Crippen LogP contribution in [0.15, 0.2) is 24.3 Å². The molecule has 1 aromatic carbocycles. The number of benzene rings is 1. The number of halogens is 1. The minimum atomic E-state index is -0.525. The summed E-state index contributed by atoms with van der Waals surface area (Å²) in [6.07, 6.45) is 3.09. The van der Waals surface area contributed by atoms with Crippen molar-refractivity contribution in [3.05, 3.63) is 41.2 Å². The average molecular weight is 280 g/mol. The molecule has 0 bridgehead atoms. The molecule has 0 saturated carbocycles. The molecule has 0 saturated heterocycles. The van der Waals surface area contributed by atoms with Gasteiger partial charge in [0.2, 0.25) is 0 Å². The summed E-state index contributed by atoms with van der Waals surface area (Å²) >= 11 is 0. The van der Waals surface area contributed by atoms with Gasteiger partial charge < -0.3 is 9.47 Å². The number of carbonyl (C=O) groups is 2. The summed E-state index contributed by atoms with van der Waals surface area (Å²) in [4.78, 5) is 22.9. The lowest BCUT2D eigenvalue weighted by Gasteiger charge is -2.05. The largest absolute Gasteiger partial charge is 0.466 e. The lowest BCUT2D eigenvalue weighted by atomic mass is 10.1. The van der Waals surface area contributed by atoms with E-state index in [1.165, 1.54) is 30.4 Å². The number of ether oxygens (including phenoxy) is 2. The van der Waals surface area contributed by atoms with Gasteiger partial charge in [0.25, 0.3) is 0 Å². The zero-order chi connectivity index (χ0) is 15.0. The molecule has 0 N–H and O–H groups in total. The van der Waals surface area contributed by atoms with Crippen molar-refractivity contribution in [2.24, 2.45) is 0 Å². The Labute approximate surface area is 117 Å². The Balaban J connectivity index is 2.87. The van der Waals surface area contributed by atoms with E-state index in [-0.39, 0.29) is 24.6 Å². The maximum atomic E-state index is 13.2. The van der Waals surface area contributed by atoms with Gasteiger partial charge in [0.1, 0.15) is 5.82 Å². The van der Waals surface area contributed by atoms with E-state index in [1.54, 1.807) is 13.8 Å². The summed E-state index contributed by atoms with van der Waals surface area (Å²) in [5, 5.41) is 0. The topological polar surface area (TPSA) is 52.6 Å². The molecule has 0 radical (unpaired) electrons. The molecule has 0 aromatic heterocycles. The smallest absolute Gasteiger partial charge is 0.338 e. The standard InChI is InChI=1S/C15H17FO4/c1-3-19-14(17)7-5-6-11-10-12(16)8-9-13(11)15(18)20-4-2/h5-6,8-10H,3-4,7H2,1-2H3. The summed E-state index contributed by atoms with van der Waals surface area (Å²) in [5.74, 6) is -1.37. The van der Waals surface area contributed by atoms with Crippen LogP contribution >= 0.6 is 0 Å². The van der Waals surface area contributed by atoms with Gasteiger partial charge in [-0.1, -0.05) is 12.2 Å². The third kappa shape index (κ3) is 4.84. The molecule has 20 heavy (non-hydrogen) atoms. The second-order valence-corrected chi connectivity index (χ2v) is 3.86. The molecule has 0 fully saturated rings. The lowest BCUT2D eigenvalue weighted by molar-refractivity contribution is -0.142. The van der Waals surface area contributed by atoms with Crippen LogP contribution in [0.2, 0.25) is 0 Å². The summed E-state index contributed by atoms with van der Waals surface area (Å²) in [6, 6.07) is 3.76. The van der Waals surface area contributed by atoms with Crippen LogP contribution in [-0.2, 0) is 14.3 Å². The number of hydrogen-bond donors (Lipinski definition) is 0. The number of hydrogen-bond acceptors (Lipinski definition) is 4. The zero-order valence-corrected chi connectivity index (χ0v) is 11.5. The van der Waals surface area contributed by atoms with Crippen molar-refractivity contribution in [1.82, 2.24) is 0 Å². The number of esters is 2. The minimum absolute atomic E-state index is 0.0621. The van der Waals surface area contributed by atoms with Crippen LogP contribution in [0.3, 0.4) is 0 Å². The van der Waals surface area contributed by atoms with Crippen molar-refractivity contribution < 1.29 is 23.5 Å². The SMILES string of the molecule is CCOC(=O)CC=Cc1cc(F)ccc1C(=O)OCC. The van der Waals surface area contributed by atoms with E-state index in [0.717, 1.165) is 0 Å². The number of rotatable bonds is 6. The highest BCUT2D eigenvalue weighted by Crippen LogP contribution is 2.15. The van der Waals surface area contributed by atoms with Gasteiger partial charge in [0.05, 0.1) is 25.2 Å².